The van der Waals surface area contributed by atoms with E-state index in [1.807, 2.05) is 0 Å². The lowest BCUT2D eigenvalue weighted by Gasteiger charge is -2.25. The van der Waals surface area contributed by atoms with Gasteiger partial charge in [0.1, 0.15) is 5.75 Å². The summed E-state index contributed by atoms with van der Waals surface area (Å²) in [5.41, 5.74) is 1.31. The van der Waals surface area contributed by atoms with Gasteiger partial charge in [0.05, 0.1) is 6.61 Å². The van der Waals surface area contributed by atoms with Gasteiger partial charge in [0.25, 0.3) is 0 Å². The first kappa shape index (κ1) is 37.6. The van der Waals surface area contributed by atoms with Crippen LogP contribution in [-0.4, -0.2) is 25.9 Å². The van der Waals surface area contributed by atoms with Crippen LogP contribution in [0.2, 0.25) is 0 Å². The minimum Gasteiger partial charge on any atom is -0.494 e. The molecule has 0 aromatic heterocycles. The summed E-state index contributed by atoms with van der Waals surface area (Å²) in [6.45, 7) is 7.54. The van der Waals surface area contributed by atoms with Gasteiger partial charge in [-0.25, -0.2) is 0 Å². The molecule has 0 heterocycles. The van der Waals surface area contributed by atoms with Crippen molar-refractivity contribution in [1.29, 1.82) is 0 Å². The number of benzene rings is 1. The second-order valence-corrected chi connectivity index (χ2v) is 12.1. The topological polar surface area (TPSA) is 12.5 Å². The molecule has 1 rings (SSSR count). The van der Waals surface area contributed by atoms with E-state index in [-0.39, 0.29) is 6.42 Å². The normalized spacial score (nSPS) is 11.7. The number of nitrogens with zero attached hydrogens (tertiary/aromatic N) is 1. The monoisotopic (exact) mass is 583 g/mol. The third kappa shape index (κ3) is 23.8. The van der Waals surface area contributed by atoms with Crippen molar-refractivity contribution in [2.45, 2.75) is 174 Å². The second-order valence-electron chi connectivity index (χ2n) is 12.1. The van der Waals surface area contributed by atoms with Crippen LogP contribution in [0.1, 0.15) is 168 Å². The Bertz CT molecular complexity index is 656. The first-order chi connectivity index (χ1) is 20.0. The van der Waals surface area contributed by atoms with Gasteiger partial charge in [-0.2, -0.15) is 13.2 Å². The van der Waals surface area contributed by atoms with Crippen LogP contribution in [0.4, 0.5) is 18.9 Å². The van der Waals surface area contributed by atoms with Gasteiger partial charge in [-0.3, -0.25) is 0 Å². The highest BCUT2D eigenvalue weighted by Gasteiger charge is 2.25. The number of anilines is 1. The maximum Gasteiger partial charge on any atom is 0.389 e. The minimum absolute atomic E-state index is 0.262. The van der Waals surface area contributed by atoms with Crippen LogP contribution in [0.25, 0.3) is 0 Å². The summed E-state index contributed by atoms with van der Waals surface area (Å²) in [5, 5.41) is 0. The van der Waals surface area contributed by atoms with E-state index in [2.05, 4.69) is 43.0 Å². The smallest absolute Gasteiger partial charge is 0.389 e. The zero-order chi connectivity index (χ0) is 29.9. The van der Waals surface area contributed by atoms with Crippen molar-refractivity contribution < 1.29 is 17.9 Å². The standard InChI is InChI=1S/C36H64F3NO/c1-3-5-7-9-11-15-19-23-31-40(32-24-20-16-12-10-8-6-4-2)34-26-28-35(29-27-34)41-33-25-21-17-13-14-18-22-30-36(37,38)39/h26-29H,3-25,30-33H2,1-2H3. The van der Waals surface area contributed by atoms with Crippen molar-refractivity contribution in [3.63, 3.8) is 0 Å². The Morgan fingerprint density at radius 2 is 0.902 bits per heavy atom. The number of hydrogen-bond acceptors (Lipinski definition) is 2. The SMILES string of the molecule is CCCCCCCCCCN(CCCCCCCCCC)c1ccc(OCCCCCCCCCC(F)(F)F)cc1. The second kappa shape index (κ2) is 26.3. The molecule has 0 N–H and O–H groups in total. The molecule has 0 fully saturated rings. The quantitative estimate of drug-likeness (QED) is 0.0870. The average molecular weight is 584 g/mol. The average Bonchev–Trinajstić information content (AvgIpc) is 2.95. The number of halogens is 3. The predicted octanol–water partition coefficient (Wildman–Crippen LogP) is 12.8. The zero-order valence-electron chi connectivity index (χ0n) is 26.9. The lowest BCUT2D eigenvalue weighted by atomic mass is 10.1. The van der Waals surface area contributed by atoms with E-state index < -0.39 is 12.6 Å². The number of hydrogen-bond donors (Lipinski definition) is 0. The fourth-order valence-corrected chi connectivity index (χ4v) is 5.50. The van der Waals surface area contributed by atoms with Crippen LogP contribution in [0.5, 0.6) is 5.75 Å². The summed E-state index contributed by atoms with van der Waals surface area (Å²) in [4.78, 5) is 2.59. The van der Waals surface area contributed by atoms with E-state index in [9.17, 15) is 13.2 Å². The Morgan fingerprint density at radius 1 is 0.512 bits per heavy atom. The van der Waals surface area contributed by atoms with E-state index in [4.69, 9.17) is 4.74 Å². The van der Waals surface area contributed by atoms with Crippen LogP contribution >= 0.6 is 0 Å². The third-order valence-corrected chi connectivity index (χ3v) is 8.14. The van der Waals surface area contributed by atoms with Crippen molar-refractivity contribution in [2.24, 2.45) is 0 Å². The zero-order valence-corrected chi connectivity index (χ0v) is 26.9. The van der Waals surface area contributed by atoms with Crippen molar-refractivity contribution in [3.8, 4) is 5.75 Å². The summed E-state index contributed by atoms with van der Waals surface area (Å²) >= 11 is 0. The Balaban J connectivity index is 2.32. The van der Waals surface area contributed by atoms with Gasteiger partial charge in [-0.15, -0.1) is 0 Å². The molecular weight excluding hydrogens is 519 g/mol. The summed E-state index contributed by atoms with van der Waals surface area (Å²) in [6, 6.07) is 8.69. The van der Waals surface area contributed by atoms with Crippen LogP contribution in [0, 0.1) is 0 Å². The van der Waals surface area contributed by atoms with Crippen molar-refractivity contribution in [1.82, 2.24) is 0 Å². The van der Waals surface area contributed by atoms with E-state index in [0.717, 1.165) is 50.9 Å². The molecule has 0 aliphatic rings. The molecule has 0 saturated heterocycles. The van der Waals surface area contributed by atoms with Gasteiger partial charge < -0.3 is 9.64 Å². The number of rotatable bonds is 29. The van der Waals surface area contributed by atoms with E-state index in [0.29, 0.717) is 13.0 Å². The van der Waals surface area contributed by atoms with Crippen molar-refractivity contribution in [2.75, 3.05) is 24.6 Å². The Kier molecular flexibility index (Phi) is 24.1. The molecular formula is C36H64F3NO. The largest absolute Gasteiger partial charge is 0.494 e. The predicted molar refractivity (Wildman–Crippen MR) is 172 cm³/mol. The third-order valence-electron chi connectivity index (χ3n) is 8.14. The number of unbranched alkanes of at least 4 members (excludes halogenated alkanes) is 20. The molecule has 0 spiro atoms. The Labute approximate surface area is 252 Å². The molecule has 0 aliphatic carbocycles. The molecule has 1 aromatic rings. The maximum absolute atomic E-state index is 12.2. The maximum atomic E-state index is 12.2. The fraction of sp³-hybridized carbons (Fsp3) is 0.833. The van der Waals surface area contributed by atoms with Crippen LogP contribution in [-0.2, 0) is 0 Å². The molecule has 0 amide bonds. The van der Waals surface area contributed by atoms with Gasteiger partial charge >= 0.3 is 6.18 Å². The summed E-state index contributed by atoms with van der Waals surface area (Å²) in [7, 11) is 0. The highest BCUT2D eigenvalue weighted by atomic mass is 19.4. The lowest BCUT2D eigenvalue weighted by molar-refractivity contribution is -0.135. The molecule has 41 heavy (non-hydrogen) atoms. The minimum atomic E-state index is -4.01. The van der Waals surface area contributed by atoms with Crippen molar-refractivity contribution in [3.05, 3.63) is 24.3 Å². The summed E-state index contributed by atoms with van der Waals surface area (Å²) in [6.07, 6.45) is 23.0. The Morgan fingerprint density at radius 3 is 1.34 bits per heavy atom. The molecule has 240 valence electrons. The number of alkyl halides is 3. The van der Waals surface area contributed by atoms with Gasteiger partial charge in [-0.05, 0) is 49.9 Å². The van der Waals surface area contributed by atoms with Gasteiger partial charge in [0.15, 0.2) is 0 Å². The molecule has 0 radical (unpaired) electrons. The first-order valence-electron chi connectivity index (χ1n) is 17.5. The molecule has 0 bridgehead atoms. The van der Waals surface area contributed by atoms with Crippen LogP contribution in [0.3, 0.4) is 0 Å². The molecule has 1 aromatic carbocycles. The fourth-order valence-electron chi connectivity index (χ4n) is 5.50. The molecule has 0 atom stereocenters. The molecule has 5 heteroatoms. The van der Waals surface area contributed by atoms with Crippen LogP contribution < -0.4 is 9.64 Å². The molecule has 2 nitrogen and oxygen atoms in total. The molecule has 0 saturated carbocycles. The first-order valence-corrected chi connectivity index (χ1v) is 17.5. The van der Waals surface area contributed by atoms with Gasteiger partial charge in [0, 0.05) is 25.2 Å². The summed E-state index contributed by atoms with van der Waals surface area (Å²) < 4.78 is 42.5. The Hall–Kier alpha value is -1.39. The van der Waals surface area contributed by atoms with Crippen molar-refractivity contribution >= 4 is 5.69 Å². The highest BCUT2D eigenvalue weighted by Crippen LogP contribution is 2.24. The lowest BCUT2D eigenvalue weighted by Crippen LogP contribution is -2.25. The summed E-state index contributed by atoms with van der Waals surface area (Å²) in [5.74, 6) is 0.931. The molecule has 0 unspecified atom stereocenters. The van der Waals surface area contributed by atoms with Gasteiger partial charge in [0.2, 0.25) is 0 Å². The highest BCUT2D eigenvalue weighted by molar-refractivity contribution is 5.49. The van der Waals surface area contributed by atoms with E-state index >= 15 is 0 Å². The van der Waals surface area contributed by atoms with Gasteiger partial charge in [-0.1, -0.05) is 136 Å². The molecule has 0 aliphatic heterocycles. The van der Waals surface area contributed by atoms with E-state index in [1.54, 1.807) is 0 Å². The van der Waals surface area contributed by atoms with Crippen LogP contribution in [0.15, 0.2) is 24.3 Å². The van der Waals surface area contributed by atoms with E-state index in [1.165, 1.54) is 108 Å². The number of ether oxygens (including phenoxy) is 1.